The maximum Gasteiger partial charge on any atom is 0.325 e. The van der Waals surface area contributed by atoms with Crippen LogP contribution < -0.4 is 24.8 Å². The van der Waals surface area contributed by atoms with E-state index in [0.29, 0.717) is 29.4 Å². The molecule has 0 unspecified atom stereocenters. The summed E-state index contributed by atoms with van der Waals surface area (Å²) >= 11 is 0. The van der Waals surface area contributed by atoms with Gasteiger partial charge >= 0.3 is 5.97 Å². The van der Waals surface area contributed by atoms with E-state index in [1.807, 2.05) is 6.92 Å². The minimum atomic E-state index is -0.715. The Morgan fingerprint density at radius 1 is 1.00 bits per heavy atom. The molecular weight excluding hydrogens is 392 g/mol. The number of amides is 2. The molecule has 1 aliphatic rings. The van der Waals surface area contributed by atoms with Crippen LogP contribution in [0.3, 0.4) is 0 Å². The van der Waals surface area contributed by atoms with Gasteiger partial charge in [0.05, 0.1) is 6.61 Å². The third-order valence-corrected chi connectivity index (χ3v) is 4.11. The first-order chi connectivity index (χ1) is 14.5. The predicted octanol–water partition coefficient (Wildman–Crippen LogP) is 1.40. The van der Waals surface area contributed by atoms with Crippen LogP contribution in [0.25, 0.3) is 0 Å². The van der Waals surface area contributed by atoms with Crippen molar-refractivity contribution in [3.05, 3.63) is 53.6 Å². The van der Waals surface area contributed by atoms with Gasteiger partial charge in [-0.3, -0.25) is 14.4 Å². The minimum Gasteiger partial charge on any atom is -0.494 e. The Morgan fingerprint density at radius 2 is 1.77 bits per heavy atom. The first kappa shape index (κ1) is 21.0. The molecule has 2 N–H and O–H groups in total. The molecule has 3 rings (SSSR count). The quantitative estimate of drug-likeness (QED) is 0.597. The van der Waals surface area contributed by atoms with Gasteiger partial charge in [-0.05, 0) is 48.9 Å². The molecule has 0 saturated heterocycles. The van der Waals surface area contributed by atoms with Crippen LogP contribution in [0, 0.1) is 0 Å². The second-order valence-corrected chi connectivity index (χ2v) is 6.27. The molecule has 0 saturated carbocycles. The molecule has 0 atom stereocenters. The Labute approximate surface area is 173 Å². The highest BCUT2D eigenvalue weighted by Crippen LogP contribution is 2.32. The van der Waals surface area contributed by atoms with Crippen LogP contribution in [-0.4, -0.2) is 44.3 Å². The average Bonchev–Trinajstić information content (AvgIpc) is 3.23. The van der Waals surface area contributed by atoms with Crippen LogP contribution in [0.15, 0.2) is 42.5 Å². The van der Waals surface area contributed by atoms with Crippen molar-refractivity contribution in [3.63, 3.8) is 0 Å². The van der Waals surface area contributed by atoms with Crippen molar-refractivity contribution in [3.8, 4) is 17.2 Å². The van der Waals surface area contributed by atoms with Crippen molar-refractivity contribution in [2.24, 2.45) is 0 Å². The van der Waals surface area contributed by atoms with E-state index in [1.54, 1.807) is 42.5 Å². The number of benzene rings is 2. The van der Waals surface area contributed by atoms with Crippen molar-refractivity contribution in [2.75, 3.05) is 26.6 Å². The normalized spacial score (nSPS) is 11.5. The lowest BCUT2D eigenvalue weighted by Gasteiger charge is -2.08. The number of rotatable bonds is 9. The molecule has 1 aliphatic heterocycles. The second-order valence-electron chi connectivity index (χ2n) is 6.27. The van der Waals surface area contributed by atoms with Gasteiger partial charge in [-0.15, -0.1) is 0 Å². The fraction of sp³-hybridized carbons (Fsp3) is 0.286. The van der Waals surface area contributed by atoms with Crippen molar-refractivity contribution >= 4 is 17.8 Å². The Balaban J connectivity index is 1.34. The Kier molecular flexibility index (Phi) is 7.09. The van der Waals surface area contributed by atoms with Crippen LogP contribution >= 0.6 is 0 Å². The van der Waals surface area contributed by atoms with Gasteiger partial charge in [0, 0.05) is 12.1 Å². The number of carbonyl (C=O) groups excluding carboxylic acids is 3. The molecule has 0 fully saturated rings. The van der Waals surface area contributed by atoms with E-state index in [4.69, 9.17) is 18.9 Å². The molecule has 158 valence electrons. The van der Waals surface area contributed by atoms with Crippen molar-refractivity contribution in [1.29, 1.82) is 0 Å². The molecule has 0 spiro atoms. The summed E-state index contributed by atoms with van der Waals surface area (Å²) < 4.78 is 20.7. The number of fused-ring (bicyclic) bond motifs is 1. The first-order valence-electron chi connectivity index (χ1n) is 9.37. The summed E-state index contributed by atoms with van der Waals surface area (Å²) in [5.41, 5.74) is 1.20. The number of hydrogen-bond acceptors (Lipinski definition) is 7. The Hall–Kier alpha value is -3.75. The molecule has 2 aromatic rings. The zero-order chi connectivity index (χ0) is 21.3. The number of carbonyl (C=O) groups is 3. The van der Waals surface area contributed by atoms with Crippen LogP contribution in [0.4, 0.5) is 0 Å². The molecular formula is C21H22N2O7. The van der Waals surface area contributed by atoms with Gasteiger partial charge in [-0.2, -0.15) is 0 Å². The highest BCUT2D eigenvalue weighted by Gasteiger charge is 2.14. The summed E-state index contributed by atoms with van der Waals surface area (Å²) in [6.45, 7) is 2.03. The van der Waals surface area contributed by atoms with E-state index >= 15 is 0 Å². The van der Waals surface area contributed by atoms with Gasteiger partial charge < -0.3 is 29.6 Å². The number of nitrogens with one attached hydrogen (secondary N) is 2. The lowest BCUT2D eigenvalue weighted by atomic mass is 10.2. The van der Waals surface area contributed by atoms with Gasteiger partial charge in [0.1, 0.15) is 12.3 Å². The molecule has 0 bridgehead atoms. The third kappa shape index (κ3) is 5.87. The lowest BCUT2D eigenvalue weighted by Crippen LogP contribution is -2.33. The largest absolute Gasteiger partial charge is 0.494 e. The predicted molar refractivity (Wildman–Crippen MR) is 105 cm³/mol. The van der Waals surface area contributed by atoms with E-state index in [0.717, 1.165) is 5.56 Å². The third-order valence-electron chi connectivity index (χ3n) is 4.11. The fourth-order valence-corrected chi connectivity index (χ4v) is 2.62. The van der Waals surface area contributed by atoms with Crippen LogP contribution in [0.1, 0.15) is 22.8 Å². The van der Waals surface area contributed by atoms with E-state index in [9.17, 15) is 14.4 Å². The highest BCUT2D eigenvalue weighted by atomic mass is 16.7. The molecule has 9 heteroatoms. The molecule has 2 aromatic carbocycles. The average molecular weight is 414 g/mol. The van der Waals surface area contributed by atoms with E-state index in [1.165, 1.54) is 0 Å². The topological polar surface area (TPSA) is 112 Å². The van der Waals surface area contributed by atoms with Gasteiger partial charge in [0.2, 0.25) is 6.79 Å². The zero-order valence-electron chi connectivity index (χ0n) is 16.4. The molecule has 0 aliphatic carbocycles. The summed E-state index contributed by atoms with van der Waals surface area (Å²) in [6.07, 6.45) is 0. The maximum absolute atomic E-state index is 12.0. The van der Waals surface area contributed by atoms with Gasteiger partial charge in [-0.25, -0.2) is 0 Å². The van der Waals surface area contributed by atoms with Gasteiger partial charge in [0.25, 0.3) is 11.8 Å². The molecule has 9 nitrogen and oxygen atoms in total. The van der Waals surface area contributed by atoms with E-state index in [2.05, 4.69) is 10.6 Å². The van der Waals surface area contributed by atoms with Crippen molar-refractivity contribution in [2.45, 2.75) is 13.5 Å². The molecule has 30 heavy (non-hydrogen) atoms. The van der Waals surface area contributed by atoms with Gasteiger partial charge in [0.15, 0.2) is 18.1 Å². The van der Waals surface area contributed by atoms with Crippen LogP contribution in [-0.2, 0) is 20.9 Å². The Morgan fingerprint density at radius 3 is 2.53 bits per heavy atom. The van der Waals surface area contributed by atoms with Crippen molar-refractivity contribution in [1.82, 2.24) is 10.6 Å². The second kappa shape index (κ2) is 10.1. The molecule has 0 aromatic heterocycles. The van der Waals surface area contributed by atoms with E-state index in [-0.39, 0.29) is 19.9 Å². The molecule has 1 heterocycles. The summed E-state index contributed by atoms with van der Waals surface area (Å²) in [7, 11) is 0. The summed E-state index contributed by atoms with van der Waals surface area (Å²) in [5.74, 6) is 0.330. The summed E-state index contributed by atoms with van der Waals surface area (Å²) in [6, 6.07) is 11.9. The Bertz CT molecular complexity index is 912. The first-order valence-corrected chi connectivity index (χ1v) is 9.37. The monoisotopic (exact) mass is 414 g/mol. The smallest absolute Gasteiger partial charge is 0.325 e. The standard InChI is InChI=1S/C21H22N2O7/c1-2-27-16-6-4-15(5-7-16)21(26)23-11-20(25)28-12-19(24)22-10-14-3-8-17-18(9-14)30-13-29-17/h3-9H,2,10-13H2,1H3,(H,22,24)(H,23,26). The number of hydrogen-bond donors (Lipinski definition) is 2. The summed E-state index contributed by atoms with van der Waals surface area (Å²) in [4.78, 5) is 35.7. The number of ether oxygens (including phenoxy) is 4. The molecule has 2 amide bonds. The lowest BCUT2D eigenvalue weighted by molar-refractivity contribution is -0.147. The maximum atomic E-state index is 12.0. The number of esters is 1. The minimum absolute atomic E-state index is 0.177. The van der Waals surface area contributed by atoms with Crippen molar-refractivity contribution < 1.29 is 33.3 Å². The fourth-order valence-electron chi connectivity index (χ4n) is 2.62. The van der Waals surface area contributed by atoms with Gasteiger partial charge in [-0.1, -0.05) is 6.07 Å². The van der Waals surface area contributed by atoms with E-state index < -0.39 is 24.4 Å². The SMILES string of the molecule is CCOc1ccc(C(=O)NCC(=O)OCC(=O)NCc2ccc3c(c2)OCO3)cc1. The van der Waals surface area contributed by atoms with Crippen LogP contribution in [0.5, 0.6) is 17.2 Å². The highest BCUT2D eigenvalue weighted by molar-refractivity contribution is 5.96. The zero-order valence-corrected chi connectivity index (χ0v) is 16.4. The van der Waals surface area contributed by atoms with Crippen LogP contribution in [0.2, 0.25) is 0 Å². The summed E-state index contributed by atoms with van der Waals surface area (Å²) in [5, 5.41) is 5.08. The molecule has 0 radical (unpaired) electrons.